The molecule has 0 saturated heterocycles. The molecule has 7 rings (SSSR count). The van der Waals surface area contributed by atoms with Crippen molar-refractivity contribution in [1.29, 1.82) is 0 Å². The molecule has 206 valence electrons. The van der Waals surface area contributed by atoms with Gasteiger partial charge in [0.05, 0.1) is 0 Å². The van der Waals surface area contributed by atoms with Gasteiger partial charge in [0.25, 0.3) is 0 Å². The highest BCUT2D eigenvalue weighted by Crippen LogP contribution is 2.43. The van der Waals surface area contributed by atoms with Gasteiger partial charge in [-0.15, -0.1) is 0 Å². The second kappa shape index (κ2) is 12.0. The first kappa shape index (κ1) is 26.7. The molecule has 0 nitrogen and oxygen atoms in total. The standard InChI is InChI=1S/C43H34/c1-31-25-27-32(28-26-31)38-23-14-24-39-40(38)29-37(42(33-15-6-2-7-16-33)34-17-8-3-9-18-34)30-41(39)43(35-19-10-4-11-20-35)36-21-12-5-13-22-36/h2-30,42-43H,1H3. The molecule has 0 aliphatic heterocycles. The molecule has 0 N–H and O–H groups in total. The Morgan fingerprint density at radius 1 is 0.349 bits per heavy atom. The van der Waals surface area contributed by atoms with Gasteiger partial charge < -0.3 is 0 Å². The van der Waals surface area contributed by atoms with Crippen LogP contribution in [0.1, 0.15) is 50.8 Å². The van der Waals surface area contributed by atoms with E-state index in [9.17, 15) is 0 Å². The molecular formula is C43H34. The fourth-order valence-electron chi connectivity index (χ4n) is 6.54. The Labute approximate surface area is 254 Å². The third-order valence-electron chi connectivity index (χ3n) is 8.59. The summed E-state index contributed by atoms with van der Waals surface area (Å²) < 4.78 is 0. The SMILES string of the molecule is Cc1ccc(-c2cccc3c(C(c4ccccc4)c4ccccc4)cc(C(c4ccccc4)c4ccccc4)cc23)cc1. The Morgan fingerprint density at radius 2 is 0.814 bits per heavy atom. The van der Waals surface area contributed by atoms with Crippen molar-refractivity contribution in [2.75, 3.05) is 0 Å². The first-order valence-electron chi connectivity index (χ1n) is 15.1. The molecule has 0 heterocycles. The van der Waals surface area contributed by atoms with Gasteiger partial charge in [0, 0.05) is 11.8 Å². The van der Waals surface area contributed by atoms with E-state index in [1.165, 1.54) is 60.8 Å². The largest absolute Gasteiger partial charge is 0.0622 e. The summed E-state index contributed by atoms with van der Waals surface area (Å²) in [6.07, 6.45) is 0. The van der Waals surface area contributed by atoms with Crippen molar-refractivity contribution in [3.63, 3.8) is 0 Å². The number of hydrogen-bond donors (Lipinski definition) is 0. The van der Waals surface area contributed by atoms with Crippen LogP contribution in [0.25, 0.3) is 21.9 Å². The third-order valence-corrected chi connectivity index (χ3v) is 8.59. The minimum Gasteiger partial charge on any atom is -0.0622 e. The highest BCUT2D eigenvalue weighted by molar-refractivity contribution is 5.99. The predicted molar refractivity (Wildman–Crippen MR) is 182 cm³/mol. The maximum absolute atomic E-state index is 2.48. The second-order valence-corrected chi connectivity index (χ2v) is 11.4. The van der Waals surface area contributed by atoms with Gasteiger partial charge in [0.15, 0.2) is 0 Å². The summed E-state index contributed by atoms with van der Waals surface area (Å²) in [6.45, 7) is 2.15. The fourth-order valence-corrected chi connectivity index (χ4v) is 6.54. The molecule has 0 fully saturated rings. The smallest absolute Gasteiger partial charge is 0.0346 e. The highest BCUT2D eigenvalue weighted by atomic mass is 14.3. The van der Waals surface area contributed by atoms with Gasteiger partial charge >= 0.3 is 0 Å². The van der Waals surface area contributed by atoms with Crippen LogP contribution in [0, 0.1) is 6.92 Å². The summed E-state index contributed by atoms with van der Waals surface area (Å²) >= 11 is 0. The Morgan fingerprint density at radius 3 is 1.30 bits per heavy atom. The van der Waals surface area contributed by atoms with E-state index in [1.54, 1.807) is 0 Å². The molecule has 0 aliphatic carbocycles. The van der Waals surface area contributed by atoms with Gasteiger partial charge in [0.1, 0.15) is 0 Å². The van der Waals surface area contributed by atoms with Crippen LogP contribution in [0.5, 0.6) is 0 Å². The first-order valence-corrected chi connectivity index (χ1v) is 15.1. The lowest BCUT2D eigenvalue weighted by Crippen LogP contribution is -2.08. The number of rotatable bonds is 7. The lowest BCUT2D eigenvalue weighted by Gasteiger charge is -2.26. The van der Waals surface area contributed by atoms with Crippen LogP contribution < -0.4 is 0 Å². The summed E-state index contributed by atoms with van der Waals surface area (Å²) in [5.74, 6) is 0.189. The molecule has 0 saturated carbocycles. The Hall–Kier alpha value is -5.20. The van der Waals surface area contributed by atoms with Crippen LogP contribution >= 0.6 is 0 Å². The molecule has 0 aromatic heterocycles. The van der Waals surface area contributed by atoms with Crippen LogP contribution in [0.2, 0.25) is 0 Å². The van der Waals surface area contributed by atoms with E-state index in [0.29, 0.717) is 0 Å². The van der Waals surface area contributed by atoms with Crippen LogP contribution in [0.4, 0.5) is 0 Å². The number of fused-ring (bicyclic) bond motifs is 1. The average molecular weight is 551 g/mol. The van der Waals surface area contributed by atoms with Crippen molar-refractivity contribution < 1.29 is 0 Å². The minimum atomic E-state index is 0.0883. The molecule has 0 amide bonds. The first-order chi connectivity index (χ1) is 21.3. The Bertz CT molecular complexity index is 1860. The van der Waals surface area contributed by atoms with E-state index in [2.05, 4.69) is 183 Å². The summed E-state index contributed by atoms with van der Waals surface area (Å²) in [6, 6.07) is 64.5. The Kier molecular flexibility index (Phi) is 7.42. The molecule has 7 aromatic rings. The van der Waals surface area contributed by atoms with Gasteiger partial charge in [-0.25, -0.2) is 0 Å². The highest BCUT2D eigenvalue weighted by Gasteiger charge is 2.24. The molecule has 0 radical (unpaired) electrons. The van der Waals surface area contributed by atoms with Crippen molar-refractivity contribution in [2.45, 2.75) is 18.8 Å². The lowest BCUT2D eigenvalue weighted by molar-refractivity contribution is 0.950. The van der Waals surface area contributed by atoms with Crippen LogP contribution in [0.3, 0.4) is 0 Å². The summed E-state index contributed by atoms with van der Waals surface area (Å²) in [4.78, 5) is 0. The number of benzene rings is 7. The van der Waals surface area contributed by atoms with E-state index >= 15 is 0 Å². The van der Waals surface area contributed by atoms with E-state index in [0.717, 1.165) is 0 Å². The van der Waals surface area contributed by atoms with Crippen molar-refractivity contribution in [3.05, 3.63) is 215 Å². The Balaban J connectivity index is 1.57. The lowest BCUT2D eigenvalue weighted by atomic mass is 9.77. The average Bonchev–Trinajstić information content (AvgIpc) is 3.07. The molecule has 0 spiro atoms. The number of aryl methyl sites for hydroxylation is 1. The topological polar surface area (TPSA) is 0 Å². The zero-order valence-corrected chi connectivity index (χ0v) is 24.4. The zero-order valence-electron chi connectivity index (χ0n) is 24.4. The molecule has 0 heteroatoms. The molecule has 7 aromatic carbocycles. The van der Waals surface area contributed by atoms with E-state index in [-0.39, 0.29) is 11.8 Å². The summed E-state index contributed by atoms with van der Waals surface area (Å²) in [7, 11) is 0. The third kappa shape index (κ3) is 5.41. The van der Waals surface area contributed by atoms with Crippen LogP contribution in [0.15, 0.2) is 176 Å². The van der Waals surface area contributed by atoms with Gasteiger partial charge in [0.2, 0.25) is 0 Å². The van der Waals surface area contributed by atoms with Crippen molar-refractivity contribution in [3.8, 4) is 11.1 Å². The second-order valence-electron chi connectivity index (χ2n) is 11.4. The van der Waals surface area contributed by atoms with E-state index < -0.39 is 0 Å². The van der Waals surface area contributed by atoms with Gasteiger partial charge in [-0.3, -0.25) is 0 Å². The molecule has 0 bridgehead atoms. The van der Waals surface area contributed by atoms with Gasteiger partial charge in [-0.05, 0) is 68.3 Å². The van der Waals surface area contributed by atoms with Gasteiger partial charge in [-0.2, -0.15) is 0 Å². The molecular weight excluding hydrogens is 516 g/mol. The van der Waals surface area contributed by atoms with Crippen LogP contribution in [-0.4, -0.2) is 0 Å². The summed E-state index contributed by atoms with van der Waals surface area (Å²) in [5.41, 5.74) is 11.6. The normalized spacial score (nSPS) is 11.3. The quantitative estimate of drug-likeness (QED) is 0.173. The van der Waals surface area contributed by atoms with E-state index in [1.807, 2.05) is 0 Å². The van der Waals surface area contributed by atoms with Crippen molar-refractivity contribution >= 4 is 10.8 Å². The van der Waals surface area contributed by atoms with E-state index in [4.69, 9.17) is 0 Å². The molecule has 43 heavy (non-hydrogen) atoms. The van der Waals surface area contributed by atoms with Gasteiger partial charge in [-0.1, -0.05) is 175 Å². The van der Waals surface area contributed by atoms with Crippen molar-refractivity contribution in [2.24, 2.45) is 0 Å². The molecule has 0 aliphatic rings. The zero-order chi connectivity index (χ0) is 29.0. The molecule has 0 atom stereocenters. The maximum atomic E-state index is 2.48. The number of hydrogen-bond acceptors (Lipinski definition) is 0. The fraction of sp³-hybridized carbons (Fsp3) is 0.0698. The minimum absolute atomic E-state index is 0.0883. The monoisotopic (exact) mass is 550 g/mol. The maximum Gasteiger partial charge on any atom is 0.0346 e. The van der Waals surface area contributed by atoms with Crippen LogP contribution in [-0.2, 0) is 0 Å². The predicted octanol–water partition coefficient (Wildman–Crippen LogP) is 11.2. The summed E-state index contributed by atoms with van der Waals surface area (Å²) in [5, 5.41) is 2.58. The van der Waals surface area contributed by atoms with Crippen molar-refractivity contribution in [1.82, 2.24) is 0 Å². The molecule has 0 unspecified atom stereocenters.